The zero-order valence-corrected chi connectivity index (χ0v) is 10.4. The maximum Gasteiger partial charge on any atom is 0.269 e. The second-order valence-corrected chi connectivity index (χ2v) is 3.84. The fourth-order valence-electron chi connectivity index (χ4n) is 1.56. The third-order valence-corrected chi connectivity index (χ3v) is 2.55. The van der Waals surface area contributed by atoms with E-state index in [9.17, 15) is 10.1 Å². The first-order valence-corrected chi connectivity index (χ1v) is 5.67. The summed E-state index contributed by atoms with van der Waals surface area (Å²) in [4.78, 5) is 14.3. The maximum atomic E-state index is 10.5. The molecular weight excluding hydrogens is 246 g/mol. The SMILES string of the molecule is COc1cccc(NCc2ccc([N+](=O)[O-])cc2)n1. The molecule has 1 N–H and O–H groups in total. The van der Waals surface area contributed by atoms with Gasteiger partial charge in [-0.3, -0.25) is 10.1 Å². The number of ether oxygens (including phenoxy) is 1. The lowest BCUT2D eigenvalue weighted by atomic mass is 10.2. The van der Waals surface area contributed by atoms with Gasteiger partial charge in [-0.1, -0.05) is 18.2 Å². The van der Waals surface area contributed by atoms with Crippen LogP contribution in [0.15, 0.2) is 42.5 Å². The number of hydrogen-bond acceptors (Lipinski definition) is 5. The van der Waals surface area contributed by atoms with E-state index in [2.05, 4.69) is 10.3 Å². The molecule has 0 unspecified atom stereocenters. The van der Waals surface area contributed by atoms with Crippen molar-refractivity contribution in [3.8, 4) is 5.88 Å². The lowest BCUT2D eigenvalue weighted by Gasteiger charge is -2.06. The van der Waals surface area contributed by atoms with Crippen molar-refractivity contribution in [1.29, 1.82) is 0 Å². The largest absolute Gasteiger partial charge is 0.481 e. The molecule has 0 fully saturated rings. The summed E-state index contributed by atoms with van der Waals surface area (Å²) in [5.74, 6) is 1.23. The molecule has 0 aliphatic heterocycles. The molecule has 2 rings (SSSR count). The first-order valence-electron chi connectivity index (χ1n) is 5.67. The number of hydrogen-bond donors (Lipinski definition) is 1. The van der Waals surface area contributed by atoms with Gasteiger partial charge in [-0.2, -0.15) is 4.98 Å². The molecule has 0 saturated heterocycles. The molecule has 0 atom stereocenters. The average molecular weight is 259 g/mol. The van der Waals surface area contributed by atoms with Crippen molar-refractivity contribution >= 4 is 11.5 Å². The number of anilines is 1. The highest BCUT2D eigenvalue weighted by molar-refractivity contribution is 5.39. The minimum atomic E-state index is -0.416. The number of non-ortho nitro benzene ring substituents is 1. The molecule has 1 aromatic heterocycles. The molecule has 1 aromatic carbocycles. The van der Waals surface area contributed by atoms with Crippen LogP contribution in [0, 0.1) is 10.1 Å². The summed E-state index contributed by atoms with van der Waals surface area (Å²) >= 11 is 0. The van der Waals surface area contributed by atoms with Crippen molar-refractivity contribution in [3.05, 3.63) is 58.1 Å². The van der Waals surface area contributed by atoms with E-state index in [1.165, 1.54) is 12.1 Å². The Balaban J connectivity index is 1.99. The van der Waals surface area contributed by atoms with Gasteiger partial charge in [0.2, 0.25) is 5.88 Å². The van der Waals surface area contributed by atoms with E-state index < -0.39 is 4.92 Å². The Morgan fingerprint density at radius 3 is 2.63 bits per heavy atom. The molecule has 0 spiro atoms. The number of pyridine rings is 1. The number of aromatic nitrogens is 1. The van der Waals surface area contributed by atoms with Crippen LogP contribution in [-0.4, -0.2) is 17.0 Å². The third kappa shape index (κ3) is 3.41. The number of rotatable bonds is 5. The van der Waals surface area contributed by atoms with Gasteiger partial charge in [-0.05, 0) is 11.6 Å². The Morgan fingerprint density at radius 1 is 1.26 bits per heavy atom. The van der Waals surface area contributed by atoms with Gasteiger partial charge in [-0.25, -0.2) is 0 Å². The van der Waals surface area contributed by atoms with Crippen molar-refractivity contribution < 1.29 is 9.66 Å². The van der Waals surface area contributed by atoms with Crippen molar-refractivity contribution in [3.63, 3.8) is 0 Å². The quantitative estimate of drug-likeness (QED) is 0.659. The minimum absolute atomic E-state index is 0.0863. The van der Waals surface area contributed by atoms with E-state index in [-0.39, 0.29) is 5.69 Å². The summed E-state index contributed by atoms with van der Waals surface area (Å²) in [6.45, 7) is 0.540. The summed E-state index contributed by atoms with van der Waals surface area (Å²) in [6, 6.07) is 11.8. The molecule has 6 nitrogen and oxygen atoms in total. The van der Waals surface area contributed by atoms with Gasteiger partial charge < -0.3 is 10.1 Å². The molecule has 0 aliphatic carbocycles. The van der Waals surface area contributed by atoms with Gasteiger partial charge in [0.05, 0.1) is 12.0 Å². The highest BCUT2D eigenvalue weighted by Crippen LogP contribution is 2.14. The molecular formula is C13H13N3O3. The number of methoxy groups -OCH3 is 1. The van der Waals surface area contributed by atoms with Crippen molar-refractivity contribution in [1.82, 2.24) is 4.98 Å². The molecule has 19 heavy (non-hydrogen) atoms. The molecule has 0 aliphatic rings. The Morgan fingerprint density at radius 2 is 2.00 bits per heavy atom. The van der Waals surface area contributed by atoms with Crippen LogP contribution in [-0.2, 0) is 6.54 Å². The zero-order chi connectivity index (χ0) is 13.7. The Labute approximate surface area is 110 Å². The summed E-state index contributed by atoms with van der Waals surface area (Å²) in [6.07, 6.45) is 0. The molecule has 2 aromatic rings. The van der Waals surface area contributed by atoms with Crippen LogP contribution in [0.4, 0.5) is 11.5 Å². The van der Waals surface area contributed by atoms with E-state index in [4.69, 9.17) is 4.74 Å². The molecule has 6 heteroatoms. The third-order valence-electron chi connectivity index (χ3n) is 2.55. The van der Waals surface area contributed by atoms with Crippen LogP contribution in [0.2, 0.25) is 0 Å². The van der Waals surface area contributed by atoms with Crippen LogP contribution >= 0.6 is 0 Å². The van der Waals surface area contributed by atoms with Gasteiger partial charge in [0.1, 0.15) is 5.82 Å². The lowest BCUT2D eigenvalue weighted by molar-refractivity contribution is -0.384. The summed E-state index contributed by atoms with van der Waals surface area (Å²) in [7, 11) is 1.56. The van der Waals surface area contributed by atoms with E-state index >= 15 is 0 Å². The van der Waals surface area contributed by atoms with Crippen molar-refractivity contribution in [2.75, 3.05) is 12.4 Å². The Hall–Kier alpha value is -2.63. The van der Waals surface area contributed by atoms with Gasteiger partial charge >= 0.3 is 0 Å². The monoisotopic (exact) mass is 259 g/mol. The zero-order valence-electron chi connectivity index (χ0n) is 10.4. The van der Waals surface area contributed by atoms with Crippen molar-refractivity contribution in [2.24, 2.45) is 0 Å². The Bertz CT molecular complexity index is 570. The van der Waals surface area contributed by atoms with Crippen LogP contribution in [0.25, 0.3) is 0 Å². The fraction of sp³-hybridized carbons (Fsp3) is 0.154. The first-order chi connectivity index (χ1) is 9.19. The lowest BCUT2D eigenvalue weighted by Crippen LogP contribution is -2.02. The standard InChI is InChI=1S/C13H13N3O3/c1-19-13-4-2-3-12(15-13)14-9-10-5-7-11(8-6-10)16(17)18/h2-8H,9H2,1H3,(H,14,15). The van der Waals surface area contributed by atoms with E-state index in [0.29, 0.717) is 18.2 Å². The predicted molar refractivity (Wildman–Crippen MR) is 71.2 cm³/mol. The fourth-order valence-corrected chi connectivity index (χ4v) is 1.56. The van der Waals surface area contributed by atoms with Crippen LogP contribution in [0.3, 0.4) is 0 Å². The number of nitro groups is 1. The second kappa shape index (κ2) is 5.81. The van der Waals surface area contributed by atoms with Crippen LogP contribution in [0.5, 0.6) is 5.88 Å². The smallest absolute Gasteiger partial charge is 0.269 e. The molecule has 0 bridgehead atoms. The average Bonchev–Trinajstić information content (AvgIpc) is 2.46. The molecule has 98 valence electrons. The highest BCUT2D eigenvalue weighted by Gasteiger charge is 2.04. The van der Waals surface area contributed by atoms with E-state index in [1.54, 1.807) is 25.3 Å². The molecule has 0 amide bonds. The summed E-state index contributed by atoms with van der Waals surface area (Å²) in [5, 5.41) is 13.7. The molecule has 0 saturated carbocycles. The number of benzene rings is 1. The normalized spacial score (nSPS) is 9.95. The van der Waals surface area contributed by atoms with E-state index in [0.717, 1.165) is 5.56 Å². The van der Waals surface area contributed by atoms with Crippen molar-refractivity contribution in [2.45, 2.75) is 6.54 Å². The van der Waals surface area contributed by atoms with Gasteiger partial charge in [0.15, 0.2) is 0 Å². The highest BCUT2D eigenvalue weighted by atomic mass is 16.6. The first kappa shape index (κ1) is 12.8. The molecule has 0 radical (unpaired) electrons. The predicted octanol–water partition coefficient (Wildman–Crippen LogP) is 2.61. The maximum absolute atomic E-state index is 10.5. The van der Waals surface area contributed by atoms with Gasteiger partial charge in [-0.15, -0.1) is 0 Å². The van der Waals surface area contributed by atoms with Gasteiger partial charge in [0, 0.05) is 24.7 Å². The number of nitro benzene ring substituents is 1. The van der Waals surface area contributed by atoms with Gasteiger partial charge in [0.25, 0.3) is 5.69 Å². The van der Waals surface area contributed by atoms with E-state index in [1.807, 2.05) is 12.1 Å². The second-order valence-electron chi connectivity index (χ2n) is 3.84. The number of nitrogens with zero attached hydrogens (tertiary/aromatic N) is 2. The summed E-state index contributed by atoms with van der Waals surface area (Å²) < 4.78 is 5.02. The van der Waals surface area contributed by atoms with Crippen LogP contribution < -0.4 is 10.1 Å². The minimum Gasteiger partial charge on any atom is -0.481 e. The summed E-state index contributed by atoms with van der Waals surface area (Å²) in [5.41, 5.74) is 1.03. The van der Waals surface area contributed by atoms with Crippen LogP contribution in [0.1, 0.15) is 5.56 Å². The topological polar surface area (TPSA) is 77.3 Å². The Kier molecular flexibility index (Phi) is 3.92. The number of nitrogens with one attached hydrogen (secondary N) is 1. The molecule has 1 heterocycles.